The SMILES string of the molecule is Cc1c2c(c(C(C)C)c3c1CC(=O)C=C3)C=CC2. The zero-order valence-corrected chi connectivity index (χ0v) is 11.2. The monoisotopic (exact) mass is 238 g/mol. The average molecular weight is 238 g/mol. The van der Waals surface area contributed by atoms with Crippen LogP contribution in [0.4, 0.5) is 0 Å². The van der Waals surface area contributed by atoms with Gasteiger partial charge in [0.1, 0.15) is 0 Å². The molecule has 92 valence electrons. The predicted octanol–water partition coefficient (Wildman–Crippen LogP) is 3.83. The zero-order chi connectivity index (χ0) is 12.9. The van der Waals surface area contributed by atoms with Gasteiger partial charge in [-0.15, -0.1) is 0 Å². The summed E-state index contributed by atoms with van der Waals surface area (Å²) in [6, 6.07) is 0. The number of rotatable bonds is 1. The smallest absolute Gasteiger partial charge is 0.160 e. The molecule has 1 aromatic rings. The molecule has 0 heterocycles. The highest BCUT2D eigenvalue weighted by Crippen LogP contribution is 2.38. The maximum Gasteiger partial charge on any atom is 0.160 e. The van der Waals surface area contributed by atoms with Crippen molar-refractivity contribution in [3.63, 3.8) is 0 Å². The van der Waals surface area contributed by atoms with Gasteiger partial charge in [-0.25, -0.2) is 0 Å². The lowest BCUT2D eigenvalue weighted by atomic mass is 9.80. The Bertz CT molecular complexity index is 601. The molecule has 0 aliphatic heterocycles. The minimum absolute atomic E-state index is 0.228. The Morgan fingerprint density at radius 2 is 1.78 bits per heavy atom. The molecule has 18 heavy (non-hydrogen) atoms. The van der Waals surface area contributed by atoms with Crippen molar-refractivity contribution < 1.29 is 4.79 Å². The fraction of sp³-hybridized carbons (Fsp3) is 0.353. The lowest BCUT2D eigenvalue weighted by molar-refractivity contribution is -0.114. The Morgan fingerprint density at radius 1 is 1.06 bits per heavy atom. The van der Waals surface area contributed by atoms with Crippen molar-refractivity contribution in [1.82, 2.24) is 0 Å². The maximum atomic E-state index is 11.7. The molecular formula is C17H18O. The molecule has 0 saturated carbocycles. The second kappa shape index (κ2) is 3.94. The average Bonchev–Trinajstić information content (AvgIpc) is 2.79. The van der Waals surface area contributed by atoms with Crippen molar-refractivity contribution in [3.05, 3.63) is 45.5 Å². The van der Waals surface area contributed by atoms with Gasteiger partial charge in [0.15, 0.2) is 5.78 Å². The van der Waals surface area contributed by atoms with E-state index in [4.69, 9.17) is 0 Å². The van der Waals surface area contributed by atoms with Crippen LogP contribution in [0.15, 0.2) is 12.2 Å². The molecular weight excluding hydrogens is 220 g/mol. The number of ketones is 1. The van der Waals surface area contributed by atoms with E-state index in [-0.39, 0.29) is 5.78 Å². The molecule has 0 N–H and O–H groups in total. The lowest BCUT2D eigenvalue weighted by Gasteiger charge is -2.24. The first-order valence-corrected chi connectivity index (χ1v) is 6.65. The number of fused-ring (bicyclic) bond motifs is 2. The Hall–Kier alpha value is -1.63. The molecule has 0 spiro atoms. The Kier molecular flexibility index (Phi) is 2.51. The second-order valence-electron chi connectivity index (χ2n) is 5.56. The fourth-order valence-corrected chi connectivity index (χ4v) is 3.25. The van der Waals surface area contributed by atoms with Gasteiger partial charge in [0, 0.05) is 6.42 Å². The number of hydrogen-bond donors (Lipinski definition) is 0. The first-order valence-electron chi connectivity index (χ1n) is 6.65. The van der Waals surface area contributed by atoms with E-state index in [1.807, 2.05) is 6.08 Å². The van der Waals surface area contributed by atoms with Crippen molar-refractivity contribution in [3.8, 4) is 0 Å². The number of hydrogen-bond acceptors (Lipinski definition) is 1. The molecule has 3 rings (SSSR count). The summed E-state index contributed by atoms with van der Waals surface area (Å²) in [5, 5.41) is 0. The molecule has 0 saturated heterocycles. The topological polar surface area (TPSA) is 17.1 Å². The minimum atomic E-state index is 0.228. The second-order valence-corrected chi connectivity index (χ2v) is 5.56. The van der Waals surface area contributed by atoms with Crippen LogP contribution in [-0.4, -0.2) is 5.78 Å². The highest BCUT2D eigenvalue weighted by atomic mass is 16.1. The highest BCUT2D eigenvalue weighted by molar-refractivity contribution is 5.99. The summed E-state index contributed by atoms with van der Waals surface area (Å²) in [6.45, 7) is 6.64. The van der Waals surface area contributed by atoms with Crippen LogP contribution in [0.5, 0.6) is 0 Å². The summed E-state index contributed by atoms with van der Waals surface area (Å²) in [5.74, 6) is 0.722. The van der Waals surface area contributed by atoms with Gasteiger partial charge in [0.2, 0.25) is 0 Å². The van der Waals surface area contributed by atoms with E-state index in [0.29, 0.717) is 12.3 Å². The summed E-state index contributed by atoms with van der Waals surface area (Å²) < 4.78 is 0. The molecule has 0 aromatic heterocycles. The third kappa shape index (κ3) is 1.50. The van der Waals surface area contributed by atoms with Crippen molar-refractivity contribution in [2.24, 2.45) is 0 Å². The van der Waals surface area contributed by atoms with Gasteiger partial charge in [-0.1, -0.05) is 32.1 Å². The normalized spacial score (nSPS) is 16.3. The molecule has 1 nitrogen and oxygen atoms in total. The zero-order valence-electron chi connectivity index (χ0n) is 11.2. The minimum Gasteiger partial charge on any atom is -0.294 e. The summed E-state index contributed by atoms with van der Waals surface area (Å²) in [7, 11) is 0. The molecule has 0 atom stereocenters. The Labute approximate surface area is 108 Å². The molecule has 0 fully saturated rings. The molecule has 2 aliphatic carbocycles. The van der Waals surface area contributed by atoms with Gasteiger partial charge in [0.05, 0.1) is 0 Å². The summed E-state index contributed by atoms with van der Waals surface area (Å²) >= 11 is 0. The number of allylic oxidation sites excluding steroid dienone is 2. The van der Waals surface area contributed by atoms with E-state index in [1.54, 1.807) is 6.08 Å². The fourth-order valence-electron chi connectivity index (χ4n) is 3.25. The van der Waals surface area contributed by atoms with Gasteiger partial charge in [0.25, 0.3) is 0 Å². The maximum absolute atomic E-state index is 11.7. The first-order chi connectivity index (χ1) is 8.59. The summed E-state index contributed by atoms with van der Waals surface area (Å²) in [5.41, 5.74) is 8.14. The van der Waals surface area contributed by atoms with Crippen LogP contribution in [0, 0.1) is 6.92 Å². The van der Waals surface area contributed by atoms with E-state index in [0.717, 1.165) is 6.42 Å². The molecule has 2 aliphatic rings. The molecule has 1 heteroatoms. The van der Waals surface area contributed by atoms with Crippen LogP contribution in [-0.2, 0) is 17.6 Å². The Morgan fingerprint density at radius 3 is 2.50 bits per heavy atom. The van der Waals surface area contributed by atoms with Gasteiger partial charge >= 0.3 is 0 Å². The van der Waals surface area contributed by atoms with E-state index >= 15 is 0 Å². The Balaban J connectivity index is 2.37. The standard InChI is InChI=1S/C17H18O/c1-10(2)17-14-6-4-5-13(14)11(3)16-9-12(18)7-8-15(16)17/h4,6-8,10H,5,9H2,1-3H3. The molecule has 0 radical (unpaired) electrons. The third-order valence-electron chi connectivity index (χ3n) is 4.11. The van der Waals surface area contributed by atoms with E-state index < -0.39 is 0 Å². The van der Waals surface area contributed by atoms with Crippen LogP contribution < -0.4 is 0 Å². The van der Waals surface area contributed by atoms with Crippen LogP contribution in [0.3, 0.4) is 0 Å². The van der Waals surface area contributed by atoms with Crippen LogP contribution >= 0.6 is 0 Å². The van der Waals surface area contributed by atoms with Crippen molar-refractivity contribution in [2.75, 3.05) is 0 Å². The van der Waals surface area contributed by atoms with E-state index in [2.05, 4.69) is 32.9 Å². The first kappa shape index (κ1) is 11.5. The number of benzene rings is 1. The van der Waals surface area contributed by atoms with Crippen LogP contribution in [0.25, 0.3) is 12.2 Å². The summed E-state index contributed by atoms with van der Waals surface area (Å²) in [6.07, 6.45) is 9.84. The largest absolute Gasteiger partial charge is 0.294 e. The van der Waals surface area contributed by atoms with Crippen LogP contribution in [0.1, 0.15) is 53.1 Å². The third-order valence-corrected chi connectivity index (χ3v) is 4.11. The molecule has 1 aromatic carbocycles. The van der Waals surface area contributed by atoms with Gasteiger partial charge in [-0.05, 0) is 58.7 Å². The quantitative estimate of drug-likeness (QED) is 0.726. The van der Waals surface area contributed by atoms with Gasteiger partial charge in [-0.2, -0.15) is 0 Å². The predicted molar refractivity (Wildman–Crippen MR) is 75.8 cm³/mol. The van der Waals surface area contributed by atoms with E-state index in [9.17, 15) is 4.79 Å². The van der Waals surface area contributed by atoms with Crippen molar-refractivity contribution in [1.29, 1.82) is 0 Å². The van der Waals surface area contributed by atoms with Crippen molar-refractivity contribution in [2.45, 2.75) is 39.5 Å². The highest BCUT2D eigenvalue weighted by Gasteiger charge is 2.24. The molecule has 0 amide bonds. The number of carbonyl (C=O) groups excluding carboxylic acids is 1. The molecule has 0 bridgehead atoms. The van der Waals surface area contributed by atoms with E-state index in [1.165, 1.54) is 33.4 Å². The van der Waals surface area contributed by atoms with Gasteiger partial charge < -0.3 is 0 Å². The lowest BCUT2D eigenvalue weighted by Crippen LogP contribution is -2.13. The van der Waals surface area contributed by atoms with Crippen molar-refractivity contribution >= 4 is 17.9 Å². The summed E-state index contributed by atoms with van der Waals surface area (Å²) in [4.78, 5) is 11.7. The van der Waals surface area contributed by atoms with Gasteiger partial charge in [-0.3, -0.25) is 4.79 Å². The van der Waals surface area contributed by atoms with Crippen LogP contribution in [0.2, 0.25) is 0 Å². The molecule has 0 unspecified atom stereocenters. The number of carbonyl (C=O) groups is 1.